The third-order valence-electron chi connectivity index (χ3n) is 6.65. The third kappa shape index (κ3) is 5.38. The van der Waals surface area contributed by atoms with Crippen LogP contribution < -0.4 is 0 Å². The lowest BCUT2D eigenvalue weighted by Gasteiger charge is -2.43. The van der Waals surface area contributed by atoms with Crippen LogP contribution in [0.25, 0.3) is 0 Å². The number of pyridine rings is 1. The SMILES string of the molecule is CN(Cc1cnc2n1CCOC21CCN(C(=O)c2cnc(Cl)cc2Cl)CC1)CC1CC1.O=CO. The number of imidazole rings is 1. The predicted molar refractivity (Wildman–Crippen MR) is 127 cm³/mol. The van der Waals surface area contributed by atoms with Crippen LogP contribution >= 0.6 is 23.2 Å². The van der Waals surface area contributed by atoms with E-state index in [4.69, 9.17) is 42.8 Å². The van der Waals surface area contributed by atoms with Gasteiger partial charge >= 0.3 is 0 Å². The number of carbonyl (C=O) groups excluding carboxylic acids is 1. The summed E-state index contributed by atoms with van der Waals surface area (Å²) < 4.78 is 8.65. The van der Waals surface area contributed by atoms with Crippen molar-refractivity contribution in [1.82, 2.24) is 24.3 Å². The van der Waals surface area contributed by atoms with Crippen molar-refractivity contribution in [3.63, 3.8) is 0 Å². The van der Waals surface area contributed by atoms with Crippen molar-refractivity contribution in [3.8, 4) is 0 Å². The molecule has 0 atom stereocenters. The monoisotopic (exact) mass is 509 g/mol. The highest BCUT2D eigenvalue weighted by atomic mass is 35.5. The first-order valence-corrected chi connectivity index (χ1v) is 12.2. The summed E-state index contributed by atoms with van der Waals surface area (Å²) in [4.78, 5) is 34.3. The lowest BCUT2D eigenvalue weighted by atomic mass is 9.89. The van der Waals surface area contributed by atoms with Crippen molar-refractivity contribution < 1.29 is 19.4 Å². The molecule has 1 spiro atoms. The summed E-state index contributed by atoms with van der Waals surface area (Å²) in [5.41, 5.74) is 1.21. The molecule has 2 aromatic heterocycles. The molecule has 0 aromatic carbocycles. The zero-order chi connectivity index (χ0) is 24.3. The van der Waals surface area contributed by atoms with E-state index in [1.54, 1.807) is 0 Å². The van der Waals surface area contributed by atoms with Crippen LogP contribution in [0.1, 0.15) is 47.6 Å². The van der Waals surface area contributed by atoms with Gasteiger partial charge in [0.05, 0.1) is 22.9 Å². The summed E-state index contributed by atoms with van der Waals surface area (Å²) in [5.74, 6) is 1.76. The molecule has 0 radical (unpaired) electrons. The molecule has 1 amide bonds. The number of nitrogens with zero attached hydrogens (tertiary/aromatic N) is 5. The third-order valence-corrected chi connectivity index (χ3v) is 7.17. The fraction of sp³-hybridized carbons (Fsp3) is 0.565. The number of hydrogen-bond acceptors (Lipinski definition) is 6. The first-order valence-electron chi connectivity index (χ1n) is 11.4. The minimum absolute atomic E-state index is 0.120. The van der Waals surface area contributed by atoms with Crippen LogP contribution in [0.15, 0.2) is 18.5 Å². The Balaban J connectivity index is 0.000000868. The number of hydrogen-bond donors (Lipinski definition) is 1. The largest absolute Gasteiger partial charge is 0.483 e. The number of amides is 1. The van der Waals surface area contributed by atoms with Crippen molar-refractivity contribution in [2.75, 3.05) is 33.3 Å². The molecule has 184 valence electrons. The van der Waals surface area contributed by atoms with Crippen molar-refractivity contribution in [2.45, 2.75) is 44.4 Å². The van der Waals surface area contributed by atoms with Gasteiger partial charge in [0, 0.05) is 58.0 Å². The highest BCUT2D eigenvalue weighted by Crippen LogP contribution is 2.39. The van der Waals surface area contributed by atoms with E-state index < -0.39 is 5.60 Å². The maximum Gasteiger partial charge on any atom is 0.290 e. The van der Waals surface area contributed by atoms with Crippen molar-refractivity contribution in [1.29, 1.82) is 0 Å². The molecule has 34 heavy (non-hydrogen) atoms. The van der Waals surface area contributed by atoms with Gasteiger partial charge in [0.2, 0.25) is 0 Å². The quantitative estimate of drug-likeness (QED) is 0.487. The lowest BCUT2D eigenvalue weighted by molar-refractivity contribution is -0.122. The summed E-state index contributed by atoms with van der Waals surface area (Å²) in [6.07, 6.45) is 7.60. The highest BCUT2D eigenvalue weighted by molar-refractivity contribution is 6.36. The molecule has 1 saturated heterocycles. The molecular formula is C23H29Cl2N5O4. The number of piperidine rings is 1. The van der Waals surface area contributed by atoms with E-state index in [2.05, 4.69) is 21.5 Å². The Bertz CT molecular complexity index is 1030. The van der Waals surface area contributed by atoms with Gasteiger partial charge in [-0.05, 0) is 31.9 Å². The van der Waals surface area contributed by atoms with Crippen molar-refractivity contribution in [3.05, 3.63) is 45.7 Å². The molecule has 2 aromatic rings. The van der Waals surface area contributed by atoms with Crippen LogP contribution in [-0.2, 0) is 28.2 Å². The summed E-state index contributed by atoms with van der Waals surface area (Å²) in [7, 11) is 2.19. The van der Waals surface area contributed by atoms with E-state index in [1.165, 1.54) is 30.8 Å². The maximum absolute atomic E-state index is 13.0. The highest BCUT2D eigenvalue weighted by Gasteiger charge is 2.44. The number of fused-ring (bicyclic) bond motifs is 2. The second-order valence-corrected chi connectivity index (χ2v) is 9.89. The molecule has 4 heterocycles. The number of ether oxygens (including phenoxy) is 1. The van der Waals surface area contributed by atoms with Crippen LogP contribution in [0.5, 0.6) is 0 Å². The average Bonchev–Trinajstić information content (AvgIpc) is 3.52. The molecule has 1 aliphatic carbocycles. The van der Waals surface area contributed by atoms with Gasteiger partial charge in [0.25, 0.3) is 12.4 Å². The van der Waals surface area contributed by atoms with E-state index >= 15 is 0 Å². The number of likely N-dealkylation sites (tertiary alicyclic amines) is 1. The van der Waals surface area contributed by atoms with Gasteiger partial charge in [-0.25, -0.2) is 9.97 Å². The summed E-state index contributed by atoms with van der Waals surface area (Å²) in [5, 5.41) is 7.50. The van der Waals surface area contributed by atoms with E-state index in [0.29, 0.717) is 43.1 Å². The molecule has 3 aliphatic rings. The Kier molecular flexibility index (Phi) is 7.77. The van der Waals surface area contributed by atoms with Crippen molar-refractivity contribution >= 4 is 35.6 Å². The van der Waals surface area contributed by atoms with E-state index in [0.717, 1.165) is 31.4 Å². The standard InChI is InChI=1S/C22H27Cl2N5O2.CH2O2/c1-27(13-15-2-3-15)14-16-11-26-21-22(31-9-8-29(16)21)4-6-28(7-5-22)20(30)17-12-25-19(24)10-18(17)23;2-1-3/h10-12,15H,2-9,13-14H2,1H3;1H,(H,2,3). The molecule has 11 heteroatoms. The zero-order valence-corrected chi connectivity index (χ0v) is 20.6. The Hall–Kier alpha value is -2.20. The number of rotatable bonds is 5. The lowest BCUT2D eigenvalue weighted by Crippen LogP contribution is -2.50. The fourth-order valence-electron chi connectivity index (χ4n) is 4.80. The molecule has 5 rings (SSSR count). The van der Waals surface area contributed by atoms with Crippen LogP contribution in [0.3, 0.4) is 0 Å². The Labute approximate surface area is 208 Å². The van der Waals surface area contributed by atoms with Gasteiger partial charge in [0.1, 0.15) is 16.6 Å². The predicted octanol–water partition coefficient (Wildman–Crippen LogP) is 3.29. The number of carbonyl (C=O) groups is 2. The molecule has 1 saturated carbocycles. The van der Waals surface area contributed by atoms with Crippen molar-refractivity contribution in [2.24, 2.45) is 5.92 Å². The second-order valence-electron chi connectivity index (χ2n) is 9.09. The number of aromatic nitrogens is 3. The number of carboxylic acid groups (broad SMARTS) is 1. The molecule has 2 aliphatic heterocycles. The molecule has 0 unspecified atom stereocenters. The topological polar surface area (TPSA) is 101 Å². The van der Waals surface area contributed by atoms with E-state index in [-0.39, 0.29) is 17.5 Å². The minimum Gasteiger partial charge on any atom is -0.483 e. The molecule has 1 N–H and O–H groups in total. The maximum atomic E-state index is 13.0. The summed E-state index contributed by atoms with van der Waals surface area (Å²) in [6.45, 7) is 4.48. The van der Waals surface area contributed by atoms with Gasteiger partial charge in [-0.3, -0.25) is 9.59 Å². The van der Waals surface area contributed by atoms with Gasteiger partial charge in [0.15, 0.2) is 0 Å². The van der Waals surface area contributed by atoms with Gasteiger partial charge in [-0.15, -0.1) is 0 Å². The number of halogens is 2. The molecule has 2 fully saturated rings. The molecule has 9 nitrogen and oxygen atoms in total. The Morgan fingerprint density at radius 1 is 1.26 bits per heavy atom. The Morgan fingerprint density at radius 2 is 1.97 bits per heavy atom. The van der Waals surface area contributed by atoms with Gasteiger partial charge in [-0.2, -0.15) is 0 Å². The first-order chi connectivity index (χ1) is 16.4. The van der Waals surface area contributed by atoms with Crippen LogP contribution in [0, 0.1) is 5.92 Å². The average molecular weight is 510 g/mol. The summed E-state index contributed by atoms with van der Waals surface area (Å²) >= 11 is 12.1. The second kappa shape index (κ2) is 10.6. The van der Waals surface area contributed by atoms with Crippen LogP contribution in [0.2, 0.25) is 10.2 Å². The van der Waals surface area contributed by atoms with Gasteiger partial charge in [-0.1, -0.05) is 23.2 Å². The van der Waals surface area contributed by atoms with E-state index in [1.807, 2.05) is 11.1 Å². The van der Waals surface area contributed by atoms with Crippen LogP contribution in [0.4, 0.5) is 0 Å². The van der Waals surface area contributed by atoms with Gasteiger partial charge < -0.3 is 24.2 Å². The Morgan fingerprint density at radius 3 is 2.62 bits per heavy atom. The fourth-order valence-corrected chi connectivity index (χ4v) is 5.25. The normalized spacial score (nSPS) is 18.9. The smallest absolute Gasteiger partial charge is 0.290 e. The van der Waals surface area contributed by atoms with E-state index in [9.17, 15) is 4.79 Å². The zero-order valence-electron chi connectivity index (χ0n) is 19.1. The first kappa shape index (κ1) is 24.9. The van der Waals surface area contributed by atoms with Crippen LogP contribution in [-0.4, -0.2) is 75.1 Å². The molecule has 0 bridgehead atoms. The molecular weight excluding hydrogens is 481 g/mol. The summed E-state index contributed by atoms with van der Waals surface area (Å²) in [6, 6.07) is 1.50. The minimum atomic E-state index is -0.426.